The van der Waals surface area contributed by atoms with Crippen molar-refractivity contribution >= 4 is 42.8 Å². The van der Waals surface area contributed by atoms with Crippen molar-refractivity contribution < 1.29 is 29.9 Å². The summed E-state index contributed by atoms with van der Waals surface area (Å²) in [4.78, 5) is 12.4. The molecule has 0 aliphatic rings. The largest absolute Gasteiger partial charge is 0.506 e. The number of halogens is 2. The summed E-state index contributed by atoms with van der Waals surface area (Å²) in [5.41, 5.74) is -1.02. The summed E-state index contributed by atoms with van der Waals surface area (Å²) in [5.74, 6) is -2.95. The zero-order valence-electron chi connectivity index (χ0n) is 11.5. The molecule has 0 aliphatic heterocycles. The molecule has 9 heteroatoms. The van der Waals surface area contributed by atoms with E-state index in [1.165, 1.54) is 6.07 Å². The maximum atomic E-state index is 12.4. The molecule has 124 valence electrons. The number of phenolic OH excluding ortho intramolecular Hbond substituents is 4. The Kier molecular flexibility index (Phi) is 3.84. The van der Waals surface area contributed by atoms with Crippen molar-refractivity contribution in [3.8, 4) is 40.1 Å². The molecule has 1 heterocycles. The van der Waals surface area contributed by atoms with Crippen molar-refractivity contribution in [2.75, 3.05) is 0 Å². The summed E-state index contributed by atoms with van der Waals surface area (Å²) in [7, 11) is 0. The molecular formula is C15H8Br2O7. The van der Waals surface area contributed by atoms with E-state index in [4.69, 9.17) is 4.42 Å². The highest BCUT2D eigenvalue weighted by molar-refractivity contribution is 9.11. The van der Waals surface area contributed by atoms with Crippen LogP contribution in [0.5, 0.6) is 28.7 Å². The molecule has 0 spiro atoms. The third kappa shape index (κ3) is 2.28. The van der Waals surface area contributed by atoms with E-state index < -0.39 is 28.4 Å². The van der Waals surface area contributed by atoms with Gasteiger partial charge in [0, 0.05) is 5.56 Å². The lowest BCUT2D eigenvalue weighted by molar-refractivity contribution is 0.403. The van der Waals surface area contributed by atoms with Crippen LogP contribution in [0.2, 0.25) is 0 Å². The summed E-state index contributed by atoms with van der Waals surface area (Å²) in [6.45, 7) is 0. The van der Waals surface area contributed by atoms with Crippen molar-refractivity contribution in [2.45, 2.75) is 0 Å². The van der Waals surface area contributed by atoms with Gasteiger partial charge in [0.1, 0.15) is 20.1 Å². The van der Waals surface area contributed by atoms with Crippen LogP contribution >= 0.6 is 31.9 Å². The molecular weight excluding hydrogens is 452 g/mol. The van der Waals surface area contributed by atoms with E-state index >= 15 is 0 Å². The topological polar surface area (TPSA) is 131 Å². The lowest BCUT2D eigenvalue weighted by Gasteiger charge is -2.11. The van der Waals surface area contributed by atoms with Crippen LogP contribution in [0.1, 0.15) is 0 Å². The fourth-order valence-electron chi connectivity index (χ4n) is 2.18. The quantitative estimate of drug-likeness (QED) is 0.352. The van der Waals surface area contributed by atoms with Gasteiger partial charge in [-0.15, -0.1) is 0 Å². The van der Waals surface area contributed by atoms with E-state index in [0.29, 0.717) is 0 Å². The Morgan fingerprint density at radius 2 is 1.50 bits per heavy atom. The fourth-order valence-corrected chi connectivity index (χ4v) is 3.32. The number of fused-ring (bicyclic) bond motifs is 1. The van der Waals surface area contributed by atoms with Crippen molar-refractivity contribution in [1.82, 2.24) is 0 Å². The highest BCUT2D eigenvalue weighted by atomic mass is 79.9. The molecule has 0 fully saturated rings. The molecule has 7 nitrogen and oxygen atoms in total. The molecule has 0 saturated heterocycles. The van der Waals surface area contributed by atoms with Crippen LogP contribution in [0.15, 0.2) is 36.4 Å². The SMILES string of the molecule is O=c1c(O)c(-c2ccc(O)c(O)c2)oc2c(Br)c(O)c(Br)c(O)c12. The van der Waals surface area contributed by atoms with E-state index in [1.54, 1.807) is 0 Å². The van der Waals surface area contributed by atoms with Crippen LogP contribution in [-0.2, 0) is 0 Å². The van der Waals surface area contributed by atoms with Crippen molar-refractivity contribution in [2.24, 2.45) is 0 Å². The summed E-state index contributed by atoms with van der Waals surface area (Å²) < 4.78 is 5.33. The van der Waals surface area contributed by atoms with E-state index in [2.05, 4.69) is 31.9 Å². The molecule has 2 aromatic carbocycles. The second-order valence-corrected chi connectivity index (χ2v) is 6.43. The van der Waals surface area contributed by atoms with Gasteiger partial charge in [0.15, 0.2) is 28.6 Å². The van der Waals surface area contributed by atoms with Gasteiger partial charge in [-0.05, 0) is 50.1 Å². The predicted molar refractivity (Wildman–Crippen MR) is 91.6 cm³/mol. The van der Waals surface area contributed by atoms with Gasteiger partial charge < -0.3 is 29.9 Å². The normalized spacial score (nSPS) is 11.1. The highest BCUT2D eigenvalue weighted by Gasteiger charge is 2.24. The first kappa shape index (κ1) is 16.5. The van der Waals surface area contributed by atoms with Gasteiger partial charge in [-0.3, -0.25) is 4.79 Å². The molecule has 0 saturated carbocycles. The van der Waals surface area contributed by atoms with Gasteiger partial charge >= 0.3 is 0 Å². The fraction of sp³-hybridized carbons (Fsp3) is 0. The van der Waals surface area contributed by atoms with E-state index in [9.17, 15) is 30.3 Å². The maximum Gasteiger partial charge on any atom is 0.238 e. The molecule has 0 aliphatic carbocycles. The van der Waals surface area contributed by atoms with Crippen LogP contribution < -0.4 is 5.43 Å². The Labute approximate surface area is 150 Å². The first-order valence-corrected chi connectivity index (χ1v) is 7.93. The van der Waals surface area contributed by atoms with Crippen LogP contribution in [0.3, 0.4) is 0 Å². The van der Waals surface area contributed by atoms with Crippen molar-refractivity contribution in [1.29, 1.82) is 0 Å². The molecule has 1 aromatic heterocycles. The van der Waals surface area contributed by atoms with Gasteiger partial charge in [0.05, 0.1) is 0 Å². The minimum absolute atomic E-state index is 0.0106. The summed E-state index contributed by atoms with van der Waals surface area (Å²) >= 11 is 6.00. The summed E-state index contributed by atoms with van der Waals surface area (Å²) in [5, 5.41) is 48.7. The zero-order valence-corrected chi connectivity index (χ0v) is 14.7. The monoisotopic (exact) mass is 458 g/mol. The zero-order chi connectivity index (χ0) is 17.8. The first-order valence-electron chi connectivity index (χ1n) is 6.35. The van der Waals surface area contributed by atoms with Crippen molar-refractivity contribution in [3.63, 3.8) is 0 Å². The second kappa shape index (κ2) is 5.60. The highest BCUT2D eigenvalue weighted by Crippen LogP contribution is 2.47. The third-order valence-corrected chi connectivity index (χ3v) is 4.87. The number of aromatic hydroxyl groups is 5. The van der Waals surface area contributed by atoms with Crippen LogP contribution in [-0.4, -0.2) is 25.5 Å². The van der Waals surface area contributed by atoms with Crippen LogP contribution in [0.4, 0.5) is 0 Å². The van der Waals surface area contributed by atoms with E-state index in [-0.39, 0.29) is 37.0 Å². The van der Waals surface area contributed by atoms with Crippen molar-refractivity contribution in [3.05, 3.63) is 37.4 Å². The number of phenols is 4. The van der Waals surface area contributed by atoms with Gasteiger partial charge in [0.2, 0.25) is 11.2 Å². The van der Waals surface area contributed by atoms with E-state index in [0.717, 1.165) is 12.1 Å². The van der Waals surface area contributed by atoms with Gasteiger partial charge in [-0.2, -0.15) is 0 Å². The summed E-state index contributed by atoms with van der Waals surface area (Å²) in [6, 6.07) is 3.55. The van der Waals surface area contributed by atoms with Crippen LogP contribution in [0.25, 0.3) is 22.3 Å². The minimum atomic E-state index is -0.933. The molecule has 0 radical (unpaired) electrons. The summed E-state index contributed by atoms with van der Waals surface area (Å²) in [6.07, 6.45) is 0. The third-order valence-electron chi connectivity index (χ3n) is 3.39. The first-order chi connectivity index (χ1) is 11.2. The standard InChI is InChI=1S/C15H8Br2O7/c16-8-10(20)7-11(21)13(23)14(24-15(7)9(17)12(8)22)4-1-2-5(18)6(19)3-4/h1-3,18-20,22-23H. The maximum absolute atomic E-state index is 12.4. The Balaban J connectivity index is 2.46. The number of hydrogen-bond donors (Lipinski definition) is 5. The Morgan fingerprint density at radius 1 is 0.833 bits per heavy atom. The molecule has 0 amide bonds. The minimum Gasteiger partial charge on any atom is -0.506 e. The van der Waals surface area contributed by atoms with Gasteiger partial charge in [-0.25, -0.2) is 0 Å². The number of benzene rings is 2. The molecule has 24 heavy (non-hydrogen) atoms. The van der Waals surface area contributed by atoms with Gasteiger partial charge in [-0.1, -0.05) is 0 Å². The molecule has 0 atom stereocenters. The van der Waals surface area contributed by atoms with Gasteiger partial charge in [0.25, 0.3) is 0 Å². The predicted octanol–water partition coefficient (Wildman–Crippen LogP) is 3.51. The number of hydrogen-bond acceptors (Lipinski definition) is 7. The lowest BCUT2D eigenvalue weighted by atomic mass is 10.1. The molecule has 0 unspecified atom stereocenters. The Hall–Kier alpha value is -2.39. The molecule has 3 aromatic rings. The Bertz CT molecular complexity index is 1060. The average molecular weight is 460 g/mol. The Morgan fingerprint density at radius 3 is 2.12 bits per heavy atom. The molecule has 0 bridgehead atoms. The lowest BCUT2D eigenvalue weighted by Crippen LogP contribution is -2.04. The van der Waals surface area contributed by atoms with E-state index in [1.807, 2.05) is 0 Å². The molecule has 3 rings (SSSR count). The number of rotatable bonds is 1. The van der Waals surface area contributed by atoms with Crippen LogP contribution in [0, 0.1) is 0 Å². The average Bonchev–Trinajstić information content (AvgIpc) is 2.56. The molecule has 5 N–H and O–H groups in total. The second-order valence-electron chi connectivity index (χ2n) is 4.84. The smallest absolute Gasteiger partial charge is 0.238 e.